The molecule has 5 rings (SSSR count). The topological polar surface area (TPSA) is 124 Å². The molecule has 45 heavy (non-hydrogen) atoms. The van der Waals surface area contributed by atoms with Gasteiger partial charge in [-0.25, -0.2) is 14.0 Å². The van der Waals surface area contributed by atoms with Crippen molar-refractivity contribution in [2.75, 3.05) is 27.2 Å². The van der Waals surface area contributed by atoms with Gasteiger partial charge in [0.1, 0.15) is 23.5 Å². The molecule has 3 heterocycles. The SMILES string of the molecule is COC(=O)N1CC(c2c[nH]c3cc(F)ccc23)C2C1CCN2C(=O)C(NC(=O)C(C)N(C)C(=O)OC(C)(C)C)C1CCCCC1. The predicted molar refractivity (Wildman–Crippen MR) is 166 cm³/mol. The van der Waals surface area contributed by atoms with Crippen molar-refractivity contribution in [3.8, 4) is 0 Å². The molecule has 0 bridgehead atoms. The first-order valence-corrected chi connectivity index (χ1v) is 16.0. The van der Waals surface area contributed by atoms with Crippen LogP contribution in [-0.4, -0.2) is 101 Å². The number of nitrogens with zero attached hydrogens (tertiary/aromatic N) is 3. The molecule has 5 atom stereocenters. The molecule has 2 saturated heterocycles. The van der Waals surface area contributed by atoms with Crippen LogP contribution in [0.3, 0.4) is 0 Å². The fraction of sp³-hybridized carbons (Fsp3) is 0.636. The highest BCUT2D eigenvalue weighted by molar-refractivity contribution is 5.92. The first-order valence-electron chi connectivity index (χ1n) is 16.0. The third-order valence-electron chi connectivity index (χ3n) is 9.72. The summed E-state index contributed by atoms with van der Waals surface area (Å²) >= 11 is 0. The summed E-state index contributed by atoms with van der Waals surface area (Å²) in [4.78, 5) is 61.8. The maximum atomic E-state index is 14.6. The minimum absolute atomic E-state index is 0.0547. The number of H-pyrrole nitrogens is 1. The number of halogens is 1. The Bertz CT molecular complexity index is 1430. The van der Waals surface area contributed by atoms with Crippen LogP contribution in [0.5, 0.6) is 0 Å². The van der Waals surface area contributed by atoms with E-state index in [1.54, 1.807) is 38.7 Å². The highest BCUT2D eigenvalue weighted by atomic mass is 19.1. The zero-order valence-corrected chi connectivity index (χ0v) is 27.1. The van der Waals surface area contributed by atoms with E-state index in [-0.39, 0.29) is 35.6 Å². The van der Waals surface area contributed by atoms with Crippen molar-refractivity contribution in [2.24, 2.45) is 5.92 Å². The van der Waals surface area contributed by atoms with Gasteiger partial charge in [0.25, 0.3) is 0 Å². The van der Waals surface area contributed by atoms with E-state index in [1.165, 1.54) is 31.2 Å². The zero-order valence-electron chi connectivity index (χ0n) is 27.1. The lowest BCUT2D eigenvalue weighted by atomic mass is 9.82. The van der Waals surface area contributed by atoms with Crippen LogP contribution < -0.4 is 5.32 Å². The van der Waals surface area contributed by atoms with Gasteiger partial charge in [-0.2, -0.15) is 0 Å². The molecule has 2 aliphatic heterocycles. The Kier molecular flexibility index (Phi) is 9.32. The molecule has 246 valence electrons. The molecule has 11 nitrogen and oxygen atoms in total. The number of hydrogen-bond donors (Lipinski definition) is 2. The maximum absolute atomic E-state index is 14.6. The van der Waals surface area contributed by atoms with Crippen molar-refractivity contribution < 1.29 is 33.0 Å². The predicted octanol–water partition coefficient (Wildman–Crippen LogP) is 4.76. The van der Waals surface area contributed by atoms with Gasteiger partial charge in [-0.3, -0.25) is 14.5 Å². The van der Waals surface area contributed by atoms with E-state index in [4.69, 9.17) is 9.47 Å². The van der Waals surface area contributed by atoms with E-state index in [0.717, 1.165) is 43.1 Å². The highest BCUT2D eigenvalue weighted by Crippen LogP contribution is 2.44. The quantitative estimate of drug-likeness (QED) is 0.476. The van der Waals surface area contributed by atoms with Gasteiger partial charge in [-0.1, -0.05) is 19.3 Å². The van der Waals surface area contributed by atoms with E-state index in [2.05, 4.69) is 10.3 Å². The third kappa shape index (κ3) is 6.60. The summed E-state index contributed by atoms with van der Waals surface area (Å²) in [5, 5.41) is 3.88. The molecular formula is C33H46FN5O6. The van der Waals surface area contributed by atoms with E-state index in [0.29, 0.717) is 25.0 Å². The number of fused-ring (bicyclic) bond motifs is 2. The van der Waals surface area contributed by atoms with Gasteiger partial charge < -0.3 is 29.6 Å². The molecule has 0 spiro atoms. The van der Waals surface area contributed by atoms with Gasteiger partial charge in [-0.05, 0) is 76.6 Å². The van der Waals surface area contributed by atoms with E-state index in [1.807, 2.05) is 11.1 Å². The zero-order chi connectivity index (χ0) is 32.6. The number of carbonyl (C=O) groups is 4. The number of aromatic amines is 1. The molecule has 4 amide bonds. The van der Waals surface area contributed by atoms with Crippen molar-refractivity contribution in [3.63, 3.8) is 0 Å². The van der Waals surface area contributed by atoms with Crippen molar-refractivity contribution in [1.82, 2.24) is 25.0 Å². The van der Waals surface area contributed by atoms with E-state index >= 15 is 0 Å². The standard InChI is InChI=1S/C33H46FN5O6/c1-19(37(5)31(42)45-33(2,3)4)29(40)36-27(20-10-8-7-9-11-20)30(41)38-15-14-26-28(38)24(18-39(26)32(43)44-6)23-17-35-25-16-21(34)12-13-22(23)25/h12-13,16-17,19-20,24,26-28,35H,7-11,14-15,18H2,1-6H3,(H,36,40). The highest BCUT2D eigenvalue weighted by Gasteiger charge is 2.54. The summed E-state index contributed by atoms with van der Waals surface area (Å²) in [6.07, 6.45) is 5.95. The Hall–Kier alpha value is -3.83. The second-order valence-electron chi connectivity index (χ2n) is 13.7. The number of hydrogen-bond acceptors (Lipinski definition) is 6. The monoisotopic (exact) mass is 627 g/mol. The Morgan fingerprint density at radius 3 is 2.47 bits per heavy atom. The largest absolute Gasteiger partial charge is 0.453 e. The Morgan fingerprint density at radius 1 is 1.09 bits per heavy atom. The fourth-order valence-corrected chi connectivity index (χ4v) is 7.34. The van der Waals surface area contributed by atoms with Crippen LogP contribution in [-0.2, 0) is 19.1 Å². The van der Waals surface area contributed by atoms with Crippen LogP contribution in [0.25, 0.3) is 10.9 Å². The maximum Gasteiger partial charge on any atom is 0.410 e. The van der Waals surface area contributed by atoms with Gasteiger partial charge >= 0.3 is 12.2 Å². The number of likely N-dealkylation sites (tertiary alicyclic amines) is 2. The lowest BCUT2D eigenvalue weighted by Crippen LogP contribution is -2.58. The number of carbonyl (C=O) groups excluding carboxylic acids is 4. The van der Waals surface area contributed by atoms with Gasteiger partial charge in [0.05, 0.1) is 19.2 Å². The molecule has 0 radical (unpaired) electrons. The lowest BCUT2D eigenvalue weighted by molar-refractivity contribution is -0.140. The fourth-order valence-electron chi connectivity index (χ4n) is 7.34. The molecule has 2 aromatic rings. The minimum atomic E-state index is -0.870. The third-order valence-corrected chi connectivity index (χ3v) is 9.72. The Morgan fingerprint density at radius 2 is 1.80 bits per heavy atom. The molecule has 1 saturated carbocycles. The summed E-state index contributed by atoms with van der Waals surface area (Å²) < 4.78 is 24.6. The van der Waals surface area contributed by atoms with Crippen LogP contribution in [0.15, 0.2) is 24.4 Å². The number of benzene rings is 1. The molecule has 12 heteroatoms. The van der Waals surface area contributed by atoms with Gasteiger partial charge in [0.2, 0.25) is 11.8 Å². The van der Waals surface area contributed by atoms with Crippen molar-refractivity contribution in [2.45, 2.75) is 102 Å². The summed E-state index contributed by atoms with van der Waals surface area (Å²) in [5.74, 6) is -1.27. The summed E-state index contributed by atoms with van der Waals surface area (Å²) in [6.45, 7) is 7.66. The smallest absolute Gasteiger partial charge is 0.410 e. The molecule has 3 aliphatic rings. The molecule has 1 aromatic heterocycles. The molecule has 1 aromatic carbocycles. The van der Waals surface area contributed by atoms with Crippen LogP contribution in [0.4, 0.5) is 14.0 Å². The average molecular weight is 628 g/mol. The number of rotatable bonds is 6. The van der Waals surface area contributed by atoms with E-state index < -0.39 is 35.8 Å². The first-order chi connectivity index (χ1) is 21.3. The van der Waals surface area contributed by atoms with E-state index in [9.17, 15) is 23.6 Å². The molecule has 3 fully saturated rings. The summed E-state index contributed by atoms with van der Waals surface area (Å²) in [6, 6.07) is 2.29. The molecular weight excluding hydrogens is 581 g/mol. The normalized spacial score (nSPS) is 23.4. The number of likely N-dealkylation sites (N-methyl/N-ethyl adjacent to an activating group) is 1. The van der Waals surface area contributed by atoms with Gasteiger partial charge in [-0.15, -0.1) is 0 Å². The second-order valence-corrected chi connectivity index (χ2v) is 13.7. The van der Waals surface area contributed by atoms with Crippen molar-refractivity contribution >= 4 is 34.9 Å². The van der Waals surface area contributed by atoms with Crippen molar-refractivity contribution in [3.05, 3.63) is 35.8 Å². The molecule has 2 N–H and O–H groups in total. The second kappa shape index (κ2) is 12.9. The average Bonchev–Trinajstić information content (AvgIpc) is 3.72. The van der Waals surface area contributed by atoms with Crippen LogP contribution >= 0.6 is 0 Å². The number of aromatic nitrogens is 1. The Labute approximate surface area is 263 Å². The van der Waals surface area contributed by atoms with Gasteiger partial charge in [0, 0.05) is 43.2 Å². The van der Waals surface area contributed by atoms with Crippen LogP contribution in [0.1, 0.15) is 77.7 Å². The summed E-state index contributed by atoms with van der Waals surface area (Å²) in [7, 11) is 2.86. The van der Waals surface area contributed by atoms with Crippen LogP contribution in [0, 0.1) is 11.7 Å². The first kappa shape index (κ1) is 32.6. The number of amides is 4. The number of methoxy groups -OCH3 is 1. The molecule has 1 aliphatic carbocycles. The summed E-state index contributed by atoms with van der Waals surface area (Å²) in [5.41, 5.74) is 0.824. The van der Waals surface area contributed by atoms with Crippen LogP contribution in [0.2, 0.25) is 0 Å². The number of nitrogens with one attached hydrogen (secondary N) is 2. The lowest BCUT2D eigenvalue weighted by Gasteiger charge is -2.37. The Balaban J connectivity index is 1.43. The molecule has 5 unspecified atom stereocenters. The number of ether oxygens (including phenoxy) is 2. The van der Waals surface area contributed by atoms with Crippen molar-refractivity contribution in [1.29, 1.82) is 0 Å². The minimum Gasteiger partial charge on any atom is -0.453 e. The van der Waals surface area contributed by atoms with Gasteiger partial charge in [0.15, 0.2) is 0 Å².